The molecule has 0 aliphatic heterocycles. The Bertz CT molecular complexity index is 539. The molecule has 0 heterocycles. The van der Waals surface area contributed by atoms with Crippen LogP contribution in [0.4, 0.5) is 0 Å². The van der Waals surface area contributed by atoms with Crippen molar-refractivity contribution in [3.05, 3.63) is 71.8 Å². The van der Waals surface area contributed by atoms with Crippen LogP contribution in [0.15, 0.2) is 60.7 Å². The highest BCUT2D eigenvalue weighted by atomic mass is 16.2. The Morgan fingerprint density at radius 1 is 0.952 bits per heavy atom. The van der Waals surface area contributed by atoms with E-state index in [0.29, 0.717) is 12.6 Å². The van der Waals surface area contributed by atoms with E-state index in [-0.39, 0.29) is 11.9 Å². The second-order valence-electron chi connectivity index (χ2n) is 5.48. The van der Waals surface area contributed by atoms with Gasteiger partial charge in [0.15, 0.2) is 0 Å². The van der Waals surface area contributed by atoms with Crippen molar-refractivity contribution in [1.82, 2.24) is 10.6 Å². The van der Waals surface area contributed by atoms with Gasteiger partial charge >= 0.3 is 0 Å². The molecule has 108 valence electrons. The summed E-state index contributed by atoms with van der Waals surface area (Å²) < 4.78 is 0. The standard InChI is InChI=1S/C18H20N2O/c21-17(13-19-16-11-12-16)20-18(14-7-3-1-4-8-14)15-9-5-2-6-10-15/h1-10,16,18-19H,11-13H2,(H,20,21). The molecule has 1 aliphatic carbocycles. The average Bonchev–Trinajstić information content (AvgIpc) is 3.37. The first-order valence-corrected chi connectivity index (χ1v) is 7.45. The maximum Gasteiger partial charge on any atom is 0.234 e. The molecular weight excluding hydrogens is 260 g/mol. The molecule has 0 bridgehead atoms. The fourth-order valence-electron chi connectivity index (χ4n) is 2.39. The third kappa shape index (κ3) is 3.92. The zero-order valence-corrected chi connectivity index (χ0v) is 12.0. The summed E-state index contributed by atoms with van der Waals surface area (Å²) in [7, 11) is 0. The minimum atomic E-state index is -0.0964. The lowest BCUT2D eigenvalue weighted by Crippen LogP contribution is -2.37. The maximum atomic E-state index is 12.2. The van der Waals surface area contributed by atoms with Crippen molar-refractivity contribution in [3.8, 4) is 0 Å². The number of carbonyl (C=O) groups excluding carboxylic acids is 1. The van der Waals surface area contributed by atoms with Crippen LogP contribution in [-0.4, -0.2) is 18.5 Å². The minimum Gasteiger partial charge on any atom is -0.344 e. The van der Waals surface area contributed by atoms with E-state index in [1.807, 2.05) is 60.7 Å². The first-order valence-electron chi connectivity index (χ1n) is 7.45. The SMILES string of the molecule is O=C(CNC1CC1)NC(c1ccccc1)c1ccccc1. The number of hydrogen-bond donors (Lipinski definition) is 2. The minimum absolute atomic E-state index is 0.0413. The molecule has 0 aromatic heterocycles. The molecule has 3 rings (SSSR count). The van der Waals surface area contributed by atoms with Gasteiger partial charge in [0.05, 0.1) is 12.6 Å². The summed E-state index contributed by atoms with van der Waals surface area (Å²) >= 11 is 0. The van der Waals surface area contributed by atoms with Crippen molar-refractivity contribution in [2.45, 2.75) is 24.9 Å². The summed E-state index contributed by atoms with van der Waals surface area (Å²) in [4.78, 5) is 12.2. The van der Waals surface area contributed by atoms with E-state index in [4.69, 9.17) is 0 Å². The molecule has 1 fully saturated rings. The lowest BCUT2D eigenvalue weighted by Gasteiger charge is -2.20. The van der Waals surface area contributed by atoms with Crippen molar-refractivity contribution in [2.24, 2.45) is 0 Å². The molecule has 1 saturated carbocycles. The smallest absolute Gasteiger partial charge is 0.234 e. The Morgan fingerprint density at radius 3 is 1.95 bits per heavy atom. The van der Waals surface area contributed by atoms with Crippen molar-refractivity contribution in [2.75, 3.05) is 6.54 Å². The average molecular weight is 280 g/mol. The molecule has 21 heavy (non-hydrogen) atoms. The lowest BCUT2D eigenvalue weighted by molar-refractivity contribution is -0.120. The summed E-state index contributed by atoms with van der Waals surface area (Å²) in [5.41, 5.74) is 2.20. The van der Waals surface area contributed by atoms with Crippen molar-refractivity contribution < 1.29 is 4.79 Å². The van der Waals surface area contributed by atoms with Gasteiger partial charge < -0.3 is 10.6 Å². The van der Waals surface area contributed by atoms with Gasteiger partial charge in [-0.2, -0.15) is 0 Å². The molecule has 0 spiro atoms. The lowest BCUT2D eigenvalue weighted by atomic mass is 9.99. The Hall–Kier alpha value is -2.13. The van der Waals surface area contributed by atoms with Gasteiger partial charge in [-0.25, -0.2) is 0 Å². The van der Waals surface area contributed by atoms with Gasteiger partial charge in [-0.1, -0.05) is 60.7 Å². The fourth-order valence-corrected chi connectivity index (χ4v) is 2.39. The molecular formula is C18H20N2O. The number of carbonyl (C=O) groups is 1. The summed E-state index contributed by atoms with van der Waals surface area (Å²) in [5.74, 6) is 0.0413. The second kappa shape index (κ2) is 6.55. The first kappa shape index (κ1) is 13.8. The van der Waals surface area contributed by atoms with Crippen molar-refractivity contribution >= 4 is 5.91 Å². The van der Waals surface area contributed by atoms with E-state index in [1.165, 1.54) is 12.8 Å². The molecule has 0 radical (unpaired) electrons. The normalized spacial score (nSPS) is 14.1. The van der Waals surface area contributed by atoms with Crippen LogP contribution in [-0.2, 0) is 4.79 Å². The number of benzene rings is 2. The van der Waals surface area contributed by atoms with Crippen LogP contribution in [0.3, 0.4) is 0 Å². The van der Waals surface area contributed by atoms with E-state index in [2.05, 4.69) is 10.6 Å². The fraction of sp³-hybridized carbons (Fsp3) is 0.278. The molecule has 3 nitrogen and oxygen atoms in total. The highest BCUT2D eigenvalue weighted by molar-refractivity contribution is 5.79. The number of rotatable bonds is 6. The third-order valence-corrected chi connectivity index (χ3v) is 3.70. The van der Waals surface area contributed by atoms with Crippen molar-refractivity contribution in [1.29, 1.82) is 0 Å². The Labute approximate surface area is 125 Å². The number of hydrogen-bond acceptors (Lipinski definition) is 2. The van der Waals surface area contributed by atoms with E-state index in [0.717, 1.165) is 11.1 Å². The van der Waals surface area contributed by atoms with E-state index < -0.39 is 0 Å². The molecule has 2 N–H and O–H groups in total. The molecule has 1 amide bonds. The number of nitrogens with one attached hydrogen (secondary N) is 2. The van der Waals surface area contributed by atoms with Crippen LogP contribution in [0, 0.1) is 0 Å². The largest absolute Gasteiger partial charge is 0.344 e. The molecule has 0 atom stereocenters. The number of amides is 1. The second-order valence-corrected chi connectivity index (χ2v) is 5.48. The van der Waals surface area contributed by atoms with Gasteiger partial charge in [-0.05, 0) is 24.0 Å². The van der Waals surface area contributed by atoms with Gasteiger partial charge in [0.1, 0.15) is 0 Å². The predicted molar refractivity (Wildman–Crippen MR) is 83.9 cm³/mol. The van der Waals surface area contributed by atoms with E-state index >= 15 is 0 Å². The van der Waals surface area contributed by atoms with Gasteiger partial charge in [0.2, 0.25) is 5.91 Å². The highest BCUT2D eigenvalue weighted by Gasteiger charge is 2.22. The molecule has 2 aromatic rings. The van der Waals surface area contributed by atoms with Gasteiger partial charge in [-0.3, -0.25) is 4.79 Å². The maximum absolute atomic E-state index is 12.2. The predicted octanol–water partition coefficient (Wildman–Crippen LogP) is 2.64. The Balaban J connectivity index is 1.74. The van der Waals surface area contributed by atoms with Gasteiger partial charge in [0.25, 0.3) is 0 Å². The summed E-state index contributed by atoms with van der Waals surface area (Å²) in [5, 5.41) is 6.38. The molecule has 3 heteroatoms. The van der Waals surface area contributed by atoms with Crippen LogP contribution in [0.25, 0.3) is 0 Å². The third-order valence-electron chi connectivity index (χ3n) is 3.70. The van der Waals surface area contributed by atoms with Crippen LogP contribution < -0.4 is 10.6 Å². The van der Waals surface area contributed by atoms with Crippen LogP contribution in [0.1, 0.15) is 30.0 Å². The molecule has 1 aliphatic rings. The first-order chi connectivity index (χ1) is 10.3. The van der Waals surface area contributed by atoms with Gasteiger partial charge in [-0.15, -0.1) is 0 Å². The quantitative estimate of drug-likeness (QED) is 0.854. The molecule has 2 aromatic carbocycles. The summed E-state index contributed by atoms with van der Waals surface area (Å²) in [6.45, 7) is 0.390. The van der Waals surface area contributed by atoms with E-state index in [1.54, 1.807) is 0 Å². The highest BCUT2D eigenvalue weighted by Crippen LogP contribution is 2.22. The Kier molecular flexibility index (Phi) is 4.31. The van der Waals surface area contributed by atoms with Crippen LogP contribution in [0.2, 0.25) is 0 Å². The monoisotopic (exact) mass is 280 g/mol. The van der Waals surface area contributed by atoms with Crippen molar-refractivity contribution in [3.63, 3.8) is 0 Å². The van der Waals surface area contributed by atoms with E-state index in [9.17, 15) is 4.79 Å². The zero-order valence-electron chi connectivity index (χ0n) is 12.0. The van der Waals surface area contributed by atoms with Gasteiger partial charge in [0, 0.05) is 6.04 Å². The topological polar surface area (TPSA) is 41.1 Å². The Morgan fingerprint density at radius 2 is 1.48 bits per heavy atom. The summed E-state index contributed by atoms with van der Waals surface area (Å²) in [6, 6.07) is 20.6. The zero-order chi connectivity index (χ0) is 14.5. The molecule has 0 saturated heterocycles. The molecule has 0 unspecified atom stereocenters. The summed E-state index contributed by atoms with van der Waals surface area (Å²) in [6.07, 6.45) is 2.38. The van der Waals surface area contributed by atoms with Crippen LogP contribution in [0.5, 0.6) is 0 Å². The van der Waals surface area contributed by atoms with Crippen LogP contribution >= 0.6 is 0 Å².